The van der Waals surface area contributed by atoms with Gasteiger partial charge in [-0.2, -0.15) is 5.26 Å². The Labute approximate surface area is 104 Å². The lowest BCUT2D eigenvalue weighted by molar-refractivity contribution is 0.192. The molecule has 2 nitrogen and oxygen atoms in total. The zero-order chi connectivity index (χ0) is 12.3. The summed E-state index contributed by atoms with van der Waals surface area (Å²) in [6, 6.07) is 9.02. The fraction of sp³-hybridized carbons (Fsp3) is 0.533. The number of rotatable bonds is 2. The van der Waals surface area contributed by atoms with Crippen LogP contribution in [0.1, 0.15) is 29.5 Å². The van der Waals surface area contributed by atoms with Crippen molar-refractivity contribution in [2.45, 2.75) is 33.2 Å². The van der Waals surface area contributed by atoms with E-state index in [1.165, 1.54) is 16.7 Å². The normalized spacial score (nSPS) is 21.1. The number of nitrogens with zero attached hydrogens (tertiary/aromatic N) is 2. The smallest absolute Gasteiger partial charge is 0.0669 e. The van der Waals surface area contributed by atoms with Crippen molar-refractivity contribution in [1.82, 2.24) is 4.90 Å². The Kier molecular flexibility index (Phi) is 3.81. The lowest BCUT2D eigenvalue weighted by atomic mass is 9.98. The van der Waals surface area contributed by atoms with E-state index in [9.17, 15) is 0 Å². The highest BCUT2D eigenvalue weighted by Crippen LogP contribution is 2.19. The molecule has 0 saturated carbocycles. The first-order valence-corrected chi connectivity index (χ1v) is 6.37. The van der Waals surface area contributed by atoms with Crippen LogP contribution in [0.15, 0.2) is 18.2 Å². The minimum absolute atomic E-state index is 0.230. The van der Waals surface area contributed by atoms with E-state index in [-0.39, 0.29) is 5.92 Å². The summed E-state index contributed by atoms with van der Waals surface area (Å²) in [5.41, 5.74) is 4.08. The molecule has 0 bridgehead atoms. The molecule has 0 spiro atoms. The largest absolute Gasteiger partial charge is 0.298 e. The van der Waals surface area contributed by atoms with Gasteiger partial charge in [0.15, 0.2) is 0 Å². The molecule has 0 radical (unpaired) electrons. The lowest BCUT2D eigenvalue weighted by Gasteiger charge is -2.30. The quantitative estimate of drug-likeness (QED) is 0.778. The van der Waals surface area contributed by atoms with Crippen LogP contribution in [0.3, 0.4) is 0 Å². The molecule has 2 heteroatoms. The van der Waals surface area contributed by atoms with Crippen molar-refractivity contribution in [3.8, 4) is 6.07 Å². The summed E-state index contributed by atoms with van der Waals surface area (Å²) >= 11 is 0. The van der Waals surface area contributed by atoms with Crippen LogP contribution in [0.2, 0.25) is 0 Å². The molecule has 1 aliphatic heterocycles. The van der Waals surface area contributed by atoms with E-state index in [2.05, 4.69) is 43.0 Å². The maximum absolute atomic E-state index is 9.00. The Morgan fingerprint density at radius 1 is 1.41 bits per heavy atom. The van der Waals surface area contributed by atoms with Crippen molar-refractivity contribution in [3.05, 3.63) is 34.9 Å². The molecule has 1 aromatic rings. The molecule has 1 unspecified atom stereocenters. The fourth-order valence-corrected chi connectivity index (χ4v) is 2.52. The highest BCUT2D eigenvalue weighted by molar-refractivity contribution is 5.30. The van der Waals surface area contributed by atoms with Gasteiger partial charge in [0.1, 0.15) is 0 Å². The Balaban J connectivity index is 2.05. The fourth-order valence-electron chi connectivity index (χ4n) is 2.52. The van der Waals surface area contributed by atoms with E-state index in [4.69, 9.17) is 5.26 Å². The van der Waals surface area contributed by atoms with Crippen molar-refractivity contribution in [1.29, 1.82) is 5.26 Å². The number of benzene rings is 1. The standard InChI is InChI=1S/C15H20N2/c1-12-5-6-13(2)15(8-12)11-17-7-3-4-14(9-16)10-17/h5-6,8,14H,3-4,7,10-11H2,1-2H3. The number of hydrogen-bond acceptors (Lipinski definition) is 2. The predicted molar refractivity (Wildman–Crippen MR) is 69.5 cm³/mol. The first kappa shape index (κ1) is 12.1. The summed E-state index contributed by atoms with van der Waals surface area (Å²) in [6.45, 7) is 7.36. The number of likely N-dealkylation sites (tertiary alicyclic amines) is 1. The molecule has 1 fully saturated rings. The molecule has 1 saturated heterocycles. The molecule has 1 heterocycles. The second kappa shape index (κ2) is 5.33. The topological polar surface area (TPSA) is 27.0 Å². The van der Waals surface area contributed by atoms with Gasteiger partial charge >= 0.3 is 0 Å². The Morgan fingerprint density at radius 3 is 3.00 bits per heavy atom. The van der Waals surface area contributed by atoms with E-state index < -0.39 is 0 Å². The third-order valence-corrected chi connectivity index (χ3v) is 3.59. The minimum atomic E-state index is 0.230. The van der Waals surface area contributed by atoms with E-state index in [1.807, 2.05) is 0 Å². The summed E-state index contributed by atoms with van der Waals surface area (Å²) in [5.74, 6) is 0.230. The van der Waals surface area contributed by atoms with Crippen molar-refractivity contribution in [2.24, 2.45) is 5.92 Å². The molecule has 1 atom stereocenters. The first-order valence-electron chi connectivity index (χ1n) is 6.37. The molecule has 17 heavy (non-hydrogen) atoms. The first-order chi connectivity index (χ1) is 8.19. The van der Waals surface area contributed by atoms with Crippen LogP contribution in [-0.2, 0) is 6.54 Å². The van der Waals surface area contributed by atoms with Gasteiger partial charge in [0.05, 0.1) is 12.0 Å². The summed E-state index contributed by atoms with van der Waals surface area (Å²) in [4.78, 5) is 2.42. The van der Waals surface area contributed by atoms with Crippen molar-refractivity contribution < 1.29 is 0 Å². The van der Waals surface area contributed by atoms with Crippen LogP contribution in [-0.4, -0.2) is 18.0 Å². The predicted octanol–water partition coefficient (Wildman–Crippen LogP) is 3.04. The Hall–Kier alpha value is -1.33. The average molecular weight is 228 g/mol. The van der Waals surface area contributed by atoms with Crippen LogP contribution < -0.4 is 0 Å². The van der Waals surface area contributed by atoms with Gasteiger partial charge in [0.2, 0.25) is 0 Å². The van der Waals surface area contributed by atoms with Gasteiger partial charge in [-0.15, -0.1) is 0 Å². The summed E-state index contributed by atoms with van der Waals surface area (Å²) in [7, 11) is 0. The van der Waals surface area contributed by atoms with Crippen molar-refractivity contribution in [3.63, 3.8) is 0 Å². The van der Waals surface area contributed by atoms with Crippen LogP contribution in [0.4, 0.5) is 0 Å². The maximum atomic E-state index is 9.00. The van der Waals surface area contributed by atoms with Gasteiger partial charge in [0.25, 0.3) is 0 Å². The third-order valence-electron chi connectivity index (χ3n) is 3.59. The number of nitriles is 1. The lowest BCUT2D eigenvalue weighted by Crippen LogP contribution is -2.34. The Bertz CT molecular complexity index is 431. The third kappa shape index (κ3) is 3.08. The van der Waals surface area contributed by atoms with Gasteiger partial charge in [-0.25, -0.2) is 0 Å². The average Bonchev–Trinajstić information content (AvgIpc) is 2.34. The molecule has 0 N–H and O–H groups in total. The molecule has 1 aliphatic rings. The summed E-state index contributed by atoms with van der Waals surface area (Å²) in [6.07, 6.45) is 2.23. The molecule has 90 valence electrons. The summed E-state index contributed by atoms with van der Waals surface area (Å²) in [5, 5.41) is 9.00. The molecule has 0 aromatic heterocycles. The number of piperidine rings is 1. The summed E-state index contributed by atoms with van der Waals surface area (Å²) < 4.78 is 0. The Morgan fingerprint density at radius 2 is 2.24 bits per heavy atom. The molecular formula is C15H20N2. The maximum Gasteiger partial charge on any atom is 0.0669 e. The van der Waals surface area contributed by atoms with Gasteiger partial charge in [-0.05, 0) is 44.4 Å². The SMILES string of the molecule is Cc1ccc(C)c(CN2CCCC(C#N)C2)c1. The van der Waals surface area contributed by atoms with Crippen molar-refractivity contribution >= 4 is 0 Å². The van der Waals surface area contributed by atoms with Gasteiger partial charge in [-0.1, -0.05) is 23.8 Å². The molecule has 0 aliphatic carbocycles. The monoisotopic (exact) mass is 228 g/mol. The van der Waals surface area contributed by atoms with Crippen LogP contribution in [0.25, 0.3) is 0 Å². The highest BCUT2D eigenvalue weighted by atomic mass is 15.1. The van der Waals surface area contributed by atoms with Crippen molar-refractivity contribution in [2.75, 3.05) is 13.1 Å². The van der Waals surface area contributed by atoms with Crippen LogP contribution >= 0.6 is 0 Å². The minimum Gasteiger partial charge on any atom is -0.298 e. The van der Waals surface area contributed by atoms with Gasteiger partial charge in [0, 0.05) is 13.1 Å². The van der Waals surface area contributed by atoms with Crippen LogP contribution in [0, 0.1) is 31.1 Å². The zero-order valence-corrected chi connectivity index (χ0v) is 10.7. The van der Waals surface area contributed by atoms with Gasteiger partial charge < -0.3 is 0 Å². The van der Waals surface area contributed by atoms with E-state index >= 15 is 0 Å². The second-order valence-corrected chi connectivity index (χ2v) is 5.13. The molecule has 2 rings (SSSR count). The molecular weight excluding hydrogens is 208 g/mol. The van der Waals surface area contributed by atoms with E-state index in [1.54, 1.807) is 0 Å². The number of hydrogen-bond donors (Lipinski definition) is 0. The second-order valence-electron chi connectivity index (χ2n) is 5.13. The van der Waals surface area contributed by atoms with Gasteiger partial charge in [-0.3, -0.25) is 4.90 Å². The van der Waals surface area contributed by atoms with E-state index in [0.717, 1.165) is 32.5 Å². The molecule has 0 amide bonds. The number of aryl methyl sites for hydroxylation is 2. The highest BCUT2D eigenvalue weighted by Gasteiger charge is 2.19. The van der Waals surface area contributed by atoms with E-state index in [0.29, 0.717) is 0 Å². The van der Waals surface area contributed by atoms with Crippen LogP contribution in [0.5, 0.6) is 0 Å². The molecule has 1 aromatic carbocycles. The zero-order valence-electron chi connectivity index (χ0n) is 10.7.